The lowest BCUT2D eigenvalue weighted by Crippen LogP contribution is -2.37. The highest BCUT2D eigenvalue weighted by molar-refractivity contribution is 7.99. The maximum Gasteiger partial charge on any atom is 0.0967 e. The smallest absolute Gasteiger partial charge is 0.0967 e. The van der Waals surface area contributed by atoms with Crippen molar-refractivity contribution in [2.24, 2.45) is 5.92 Å². The van der Waals surface area contributed by atoms with Crippen LogP contribution in [0.4, 0.5) is 0 Å². The van der Waals surface area contributed by atoms with Gasteiger partial charge in [0.15, 0.2) is 0 Å². The molecule has 0 amide bonds. The van der Waals surface area contributed by atoms with E-state index in [0.29, 0.717) is 6.04 Å². The number of hydrogen-bond donors (Lipinski definition) is 0. The molecule has 2 aliphatic heterocycles. The molecule has 1 unspecified atom stereocenters. The van der Waals surface area contributed by atoms with Crippen LogP contribution >= 0.6 is 11.8 Å². The Morgan fingerprint density at radius 2 is 1.92 bits per heavy atom. The number of piperidine rings is 1. The van der Waals surface area contributed by atoms with E-state index in [4.69, 9.17) is 0 Å². The lowest BCUT2D eigenvalue weighted by molar-refractivity contribution is 0.157. The molecule has 0 N–H and O–H groups in total. The van der Waals surface area contributed by atoms with Gasteiger partial charge in [0, 0.05) is 50.8 Å². The Morgan fingerprint density at radius 3 is 2.62 bits per heavy atom. The quantitative estimate of drug-likeness (QED) is 0.755. The molecule has 2 saturated heterocycles. The highest BCUT2D eigenvalue weighted by Crippen LogP contribution is 2.23. The van der Waals surface area contributed by atoms with Crippen LogP contribution in [0.5, 0.6) is 0 Å². The molecule has 5 nitrogen and oxygen atoms in total. The first kappa shape index (κ1) is 18.2. The third-order valence-corrected chi connectivity index (χ3v) is 6.27. The average Bonchev–Trinajstić information content (AvgIpc) is 3.05. The van der Waals surface area contributed by atoms with E-state index in [0.717, 1.165) is 18.2 Å². The minimum atomic E-state index is 0.542. The van der Waals surface area contributed by atoms with Gasteiger partial charge in [-0.15, -0.1) is 5.10 Å². The summed E-state index contributed by atoms with van der Waals surface area (Å²) in [5.74, 6) is 3.33. The summed E-state index contributed by atoms with van der Waals surface area (Å²) in [4.78, 5) is 5.14. The van der Waals surface area contributed by atoms with Gasteiger partial charge in [0.2, 0.25) is 0 Å². The number of hydrogen-bond acceptors (Lipinski definition) is 5. The molecule has 2 fully saturated rings. The Hall–Kier alpha value is -0.590. The second-order valence-electron chi connectivity index (χ2n) is 7.50. The minimum absolute atomic E-state index is 0.542. The van der Waals surface area contributed by atoms with Gasteiger partial charge in [-0.25, -0.2) is 4.68 Å². The van der Waals surface area contributed by atoms with Gasteiger partial charge < -0.3 is 4.90 Å². The molecule has 0 radical (unpaired) electrons. The van der Waals surface area contributed by atoms with Crippen molar-refractivity contribution < 1.29 is 0 Å². The second kappa shape index (κ2) is 9.20. The van der Waals surface area contributed by atoms with Gasteiger partial charge in [-0.2, -0.15) is 11.8 Å². The Morgan fingerprint density at radius 1 is 1.17 bits per heavy atom. The van der Waals surface area contributed by atoms with Crippen molar-refractivity contribution in [2.75, 3.05) is 44.2 Å². The third kappa shape index (κ3) is 5.20. The number of rotatable bonds is 7. The van der Waals surface area contributed by atoms with Gasteiger partial charge in [-0.05, 0) is 25.2 Å². The highest BCUT2D eigenvalue weighted by atomic mass is 32.2. The Labute approximate surface area is 151 Å². The fourth-order valence-electron chi connectivity index (χ4n) is 3.94. The SMILES string of the molecule is CCCC(C)CN1CCC(n2cc(CN3CCSCC3)nn2)CC1. The van der Waals surface area contributed by atoms with Crippen molar-refractivity contribution >= 4 is 11.8 Å². The number of nitrogens with zero attached hydrogens (tertiary/aromatic N) is 5. The molecule has 0 saturated carbocycles. The maximum atomic E-state index is 4.44. The summed E-state index contributed by atoms with van der Waals surface area (Å²) in [6, 6.07) is 0.542. The predicted molar refractivity (Wildman–Crippen MR) is 101 cm³/mol. The van der Waals surface area contributed by atoms with Gasteiger partial charge in [-0.1, -0.05) is 25.5 Å². The van der Waals surface area contributed by atoms with E-state index in [2.05, 4.69) is 56.6 Å². The highest BCUT2D eigenvalue weighted by Gasteiger charge is 2.23. The summed E-state index contributed by atoms with van der Waals surface area (Å²) in [7, 11) is 0. The van der Waals surface area contributed by atoms with Crippen LogP contribution in [0.3, 0.4) is 0 Å². The van der Waals surface area contributed by atoms with E-state index >= 15 is 0 Å². The summed E-state index contributed by atoms with van der Waals surface area (Å²) >= 11 is 2.06. The van der Waals surface area contributed by atoms with Crippen LogP contribution in [-0.4, -0.2) is 69.0 Å². The summed E-state index contributed by atoms with van der Waals surface area (Å²) < 4.78 is 2.14. The molecule has 3 heterocycles. The van der Waals surface area contributed by atoms with Crippen molar-refractivity contribution in [3.8, 4) is 0 Å². The maximum absolute atomic E-state index is 4.44. The molecular formula is C18H33N5S. The van der Waals surface area contributed by atoms with E-state index < -0.39 is 0 Å². The third-order valence-electron chi connectivity index (χ3n) is 5.33. The van der Waals surface area contributed by atoms with Crippen molar-refractivity contribution in [3.63, 3.8) is 0 Å². The molecule has 0 aromatic carbocycles. The van der Waals surface area contributed by atoms with Crippen LogP contribution in [0.25, 0.3) is 0 Å². The first-order valence-electron chi connectivity index (χ1n) is 9.67. The molecule has 24 heavy (non-hydrogen) atoms. The molecule has 2 aliphatic rings. The zero-order valence-corrected chi connectivity index (χ0v) is 16.2. The van der Waals surface area contributed by atoms with Crippen molar-refractivity contribution in [2.45, 2.75) is 52.1 Å². The Kier molecular flexibility index (Phi) is 6.98. The lowest BCUT2D eigenvalue weighted by Gasteiger charge is -2.33. The van der Waals surface area contributed by atoms with Gasteiger partial charge >= 0.3 is 0 Å². The molecule has 6 heteroatoms. The molecule has 0 bridgehead atoms. The zero-order valence-electron chi connectivity index (χ0n) is 15.4. The summed E-state index contributed by atoms with van der Waals surface area (Å²) in [6.07, 6.45) is 7.27. The van der Waals surface area contributed by atoms with Crippen LogP contribution in [0.15, 0.2) is 6.20 Å². The molecular weight excluding hydrogens is 318 g/mol. The summed E-state index contributed by atoms with van der Waals surface area (Å²) in [6.45, 7) is 11.7. The zero-order chi connectivity index (χ0) is 16.8. The molecule has 1 aromatic heterocycles. The van der Waals surface area contributed by atoms with Crippen LogP contribution in [0.2, 0.25) is 0 Å². The minimum Gasteiger partial charge on any atom is -0.303 e. The van der Waals surface area contributed by atoms with Gasteiger partial charge in [0.1, 0.15) is 0 Å². The number of aromatic nitrogens is 3. The first-order chi connectivity index (χ1) is 11.7. The van der Waals surface area contributed by atoms with Crippen molar-refractivity contribution in [1.82, 2.24) is 24.8 Å². The normalized spacial score (nSPS) is 22.8. The largest absolute Gasteiger partial charge is 0.303 e. The fourth-order valence-corrected chi connectivity index (χ4v) is 4.92. The predicted octanol–water partition coefficient (Wildman–Crippen LogP) is 2.90. The lowest BCUT2D eigenvalue weighted by atomic mass is 10.0. The number of likely N-dealkylation sites (tertiary alicyclic amines) is 1. The molecule has 3 rings (SSSR count). The van der Waals surface area contributed by atoms with Crippen LogP contribution in [0.1, 0.15) is 51.3 Å². The van der Waals surface area contributed by atoms with Crippen LogP contribution in [0, 0.1) is 5.92 Å². The van der Waals surface area contributed by atoms with Gasteiger partial charge in [-0.3, -0.25) is 4.90 Å². The molecule has 136 valence electrons. The monoisotopic (exact) mass is 351 g/mol. The fraction of sp³-hybridized carbons (Fsp3) is 0.889. The first-order valence-corrected chi connectivity index (χ1v) is 10.8. The van der Waals surface area contributed by atoms with E-state index in [9.17, 15) is 0 Å². The Bertz CT molecular complexity index is 478. The van der Waals surface area contributed by atoms with Crippen LogP contribution in [-0.2, 0) is 6.54 Å². The van der Waals surface area contributed by atoms with E-state index in [1.165, 1.54) is 69.9 Å². The molecule has 1 atom stereocenters. The topological polar surface area (TPSA) is 37.2 Å². The van der Waals surface area contributed by atoms with E-state index in [1.54, 1.807) is 0 Å². The Balaban J connectivity index is 1.44. The van der Waals surface area contributed by atoms with Gasteiger partial charge in [0.25, 0.3) is 0 Å². The standard InChI is InChI=1S/C18H33N5S/c1-3-4-16(2)13-21-7-5-18(6-8-21)23-15-17(19-20-23)14-22-9-11-24-12-10-22/h15-16,18H,3-14H2,1-2H3. The second-order valence-corrected chi connectivity index (χ2v) is 8.73. The van der Waals surface area contributed by atoms with Crippen LogP contribution < -0.4 is 0 Å². The molecule has 1 aromatic rings. The van der Waals surface area contributed by atoms with E-state index in [-0.39, 0.29) is 0 Å². The molecule has 0 spiro atoms. The molecule has 0 aliphatic carbocycles. The average molecular weight is 352 g/mol. The van der Waals surface area contributed by atoms with Crippen molar-refractivity contribution in [3.05, 3.63) is 11.9 Å². The summed E-state index contributed by atoms with van der Waals surface area (Å²) in [5.41, 5.74) is 1.14. The summed E-state index contributed by atoms with van der Waals surface area (Å²) in [5, 5.41) is 8.87. The van der Waals surface area contributed by atoms with Crippen molar-refractivity contribution in [1.29, 1.82) is 0 Å². The van der Waals surface area contributed by atoms with Gasteiger partial charge in [0.05, 0.1) is 17.9 Å². The van der Waals surface area contributed by atoms with E-state index in [1.807, 2.05) is 0 Å². The number of thioether (sulfide) groups is 1.